The number of ether oxygens (including phenoxy) is 1. The van der Waals surface area contributed by atoms with E-state index in [4.69, 9.17) is 5.73 Å². The van der Waals surface area contributed by atoms with Crippen LogP contribution >= 0.6 is 0 Å². The summed E-state index contributed by atoms with van der Waals surface area (Å²) in [6, 6.07) is 19.9. The van der Waals surface area contributed by atoms with Crippen LogP contribution in [-0.4, -0.2) is 28.4 Å². The average Bonchev–Trinajstić information content (AvgIpc) is 3.27. The summed E-state index contributed by atoms with van der Waals surface area (Å²) in [6.07, 6.45) is -3.33. The van der Waals surface area contributed by atoms with Crippen LogP contribution in [0.25, 0.3) is 0 Å². The molecular formula is C28H25F3N4O3. The van der Waals surface area contributed by atoms with Crippen molar-refractivity contribution in [1.82, 2.24) is 10.2 Å². The van der Waals surface area contributed by atoms with Crippen LogP contribution in [0.4, 0.5) is 18.9 Å². The Hall–Kier alpha value is -4.60. The number of alkyl halides is 3. The van der Waals surface area contributed by atoms with Crippen molar-refractivity contribution in [2.75, 3.05) is 5.32 Å². The van der Waals surface area contributed by atoms with E-state index in [1.165, 1.54) is 23.8 Å². The van der Waals surface area contributed by atoms with Crippen molar-refractivity contribution in [3.8, 4) is 5.75 Å². The highest BCUT2D eigenvalue weighted by Gasteiger charge is 2.32. The Morgan fingerprint density at radius 2 is 1.61 bits per heavy atom. The minimum absolute atomic E-state index is 0.254. The van der Waals surface area contributed by atoms with Crippen molar-refractivity contribution < 1.29 is 27.5 Å². The molecule has 0 fully saturated rings. The van der Waals surface area contributed by atoms with Crippen molar-refractivity contribution in [2.24, 2.45) is 5.73 Å². The standard InChI is InChI=1S/C28H25F3N4O3/c1-17-6-8-18(9-7-17)12-15-22-25(26(32)36)23(35-34-22)16-19-10-13-20(14-11-19)33-27(37)21-4-2-3-5-24(21)38-28(29,30)31/h2-11,13-14H,12,15-16H2,1H3,(H2,32,36)(H,33,37)(H,34,35). The van der Waals surface area contributed by atoms with Crippen LogP contribution < -0.4 is 15.8 Å². The normalized spacial score (nSPS) is 11.3. The molecule has 4 N–H and O–H groups in total. The third kappa shape index (κ3) is 6.78. The number of primary amides is 1. The minimum atomic E-state index is -4.92. The van der Waals surface area contributed by atoms with Gasteiger partial charge in [0, 0.05) is 12.1 Å². The number of aromatic amines is 1. The average molecular weight is 523 g/mol. The molecule has 0 aliphatic carbocycles. The van der Waals surface area contributed by atoms with Crippen molar-refractivity contribution in [3.63, 3.8) is 0 Å². The van der Waals surface area contributed by atoms with Gasteiger partial charge < -0.3 is 15.8 Å². The van der Waals surface area contributed by atoms with Gasteiger partial charge in [0.2, 0.25) is 0 Å². The van der Waals surface area contributed by atoms with Gasteiger partial charge in [-0.3, -0.25) is 14.7 Å². The van der Waals surface area contributed by atoms with Crippen molar-refractivity contribution in [1.29, 1.82) is 0 Å². The van der Waals surface area contributed by atoms with E-state index in [2.05, 4.69) is 20.3 Å². The van der Waals surface area contributed by atoms with Crippen LogP contribution in [-0.2, 0) is 19.3 Å². The third-order valence-corrected chi connectivity index (χ3v) is 5.88. The molecule has 0 aliphatic rings. The molecule has 7 nitrogen and oxygen atoms in total. The van der Waals surface area contributed by atoms with Crippen LogP contribution in [0.3, 0.4) is 0 Å². The summed E-state index contributed by atoms with van der Waals surface area (Å²) < 4.78 is 41.9. The Morgan fingerprint density at radius 3 is 2.26 bits per heavy atom. The first kappa shape index (κ1) is 26.5. The number of H-pyrrole nitrogens is 1. The summed E-state index contributed by atoms with van der Waals surface area (Å²) in [5.74, 6) is -1.91. The number of nitrogens with zero attached hydrogens (tertiary/aromatic N) is 1. The Bertz CT molecular complexity index is 1430. The molecule has 0 radical (unpaired) electrons. The first-order chi connectivity index (χ1) is 18.1. The Morgan fingerprint density at radius 1 is 0.947 bits per heavy atom. The first-order valence-electron chi connectivity index (χ1n) is 11.8. The second-order valence-corrected chi connectivity index (χ2v) is 8.75. The number of rotatable bonds is 9. The van der Waals surface area contributed by atoms with Crippen LogP contribution in [0.2, 0.25) is 0 Å². The molecular weight excluding hydrogens is 497 g/mol. The van der Waals surface area contributed by atoms with Crippen LogP contribution in [0.5, 0.6) is 5.75 Å². The number of hydrogen-bond donors (Lipinski definition) is 3. The van der Waals surface area contributed by atoms with Gasteiger partial charge in [0.1, 0.15) is 5.75 Å². The van der Waals surface area contributed by atoms with Crippen molar-refractivity contribution >= 4 is 17.5 Å². The molecule has 10 heteroatoms. The molecule has 0 saturated heterocycles. The first-order valence-corrected chi connectivity index (χ1v) is 11.8. The second-order valence-electron chi connectivity index (χ2n) is 8.75. The molecule has 4 aromatic rings. The molecule has 0 unspecified atom stereocenters. The lowest BCUT2D eigenvalue weighted by molar-refractivity contribution is -0.274. The number of halogens is 3. The van der Waals surface area contributed by atoms with Gasteiger partial charge in [0.15, 0.2) is 0 Å². The maximum atomic E-state index is 12.7. The number of hydrogen-bond acceptors (Lipinski definition) is 4. The molecule has 2 amide bonds. The molecule has 0 bridgehead atoms. The molecule has 0 saturated carbocycles. The molecule has 1 heterocycles. The van der Waals surface area contributed by atoms with E-state index in [0.717, 1.165) is 17.2 Å². The van der Waals surface area contributed by atoms with Crippen molar-refractivity contribution in [3.05, 3.63) is 112 Å². The fourth-order valence-electron chi connectivity index (χ4n) is 4.01. The molecule has 3 aromatic carbocycles. The number of carbonyl (C=O) groups is 2. The largest absolute Gasteiger partial charge is 0.573 e. The lowest BCUT2D eigenvalue weighted by Crippen LogP contribution is -2.20. The zero-order chi connectivity index (χ0) is 27.3. The topological polar surface area (TPSA) is 110 Å². The van der Waals surface area contributed by atoms with Crippen molar-refractivity contribution in [2.45, 2.75) is 32.5 Å². The van der Waals surface area contributed by atoms with E-state index in [1.54, 1.807) is 24.3 Å². The Balaban J connectivity index is 1.43. The number of para-hydroxylation sites is 1. The maximum Gasteiger partial charge on any atom is 0.573 e. The number of nitrogens with two attached hydrogens (primary N) is 1. The van der Waals surface area contributed by atoms with Gasteiger partial charge in [0.25, 0.3) is 11.8 Å². The highest BCUT2D eigenvalue weighted by molar-refractivity contribution is 6.06. The molecule has 0 atom stereocenters. The van der Waals surface area contributed by atoms with E-state index in [9.17, 15) is 22.8 Å². The smallest absolute Gasteiger partial charge is 0.405 e. The summed E-state index contributed by atoms with van der Waals surface area (Å²) in [5, 5.41) is 9.80. The predicted octanol–water partition coefficient (Wildman–Crippen LogP) is 5.34. The Labute approximate surface area is 216 Å². The zero-order valence-electron chi connectivity index (χ0n) is 20.4. The van der Waals surface area contributed by atoms with E-state index < -0.39 is 23.9 Å². The highest BCUT2D eigenvalue weighted by atomic mass is 19.4. The summed E-state index contributed by atoms with van der Waals surface area (Å²) >= 11 is 0. The van der Waals surface area contributed by atoms with E-state index >= 15 is 0 Å². The minimum Gasteiger partial charge on any atom is -0.405 e. The van der Waals surface area contributed by atoms with Gasteiger partial charge in [-0.2, -0.15) is 5.10 Å². The maximum absolute atomic E-state index is 12.7. The van der Waals surface area contributed by atoms with E-state index in [1.807, 2.05) is 31.2 Å². The quantitative estimate of drug-likeness (QED) is 0.275. The van der Waals surface area contributed by atoms with Gasteiger partial charge in [0.05, 0.1) is 22.5 Å². The highest BCUT2D eigenvalue weighted by Crippen LogP contribution is 2.27. The predicted molar refractivity (Wildman–Crippen MR) is 136 cm³/mol. The zero-order valence-corrected chi connectivity index (χ0v) is 20.4. The number of aromatic nitrogens is 2. The molecule has 1 aromatic heterocycles. The number of amides is 2. The molecule has 38 heavy (non-hydrogen) atoms. The summed E-state index contributed by atoms with van der Waals surface area (Å²) in [5.41, 5.74) is 10.4. The number of benzene rings is 3. The van der Waals surface area contributed by atoms with E-state index in [-0.39, 0.29) is 5.56 Å². The van der Waals surface area contributed by atoms with Gasteiger partial charge >= 0.3 is 6.36 Å². The van der Waals surface area contributed by atoms with Gasteiger partial charge in [-0.15, -0.1) is 13.2 Å². The number of aryl methyl sites for hydroxylation is 3. The summed E-state index contributed by atoms with van der Waals surface area (Å²) in [7, 11) is 0. The Kier molecular flexibility index (Phi) is 7.80. The van der Waals surface area contributed by atoms with Crippen LogP contribution in [0.15, 0.2) is 72.8 Å². The molecule has 0 spiro atoms. The number of anilines is 1. The number of nitrogens with one attached hydrogen (secondary N) is 2. The summed E-state index contributed by atoms with van der Waals surface area (Å²) in [6.45, 7) is 2.02. The summed E-state index contributed by atoms with van der Waals surface area (Å²) in [4.78, 5) is 24.8. The van der Waals surface area contributed by atoms with Gasteiger partial charge in [-0.1, -0.05) is 54.1 Å². The monoisotopic (exact) mass is 522 g/mol. The fourth-order valence-corrected chi connectivity index (χ4v) is 4.01. The van der Waals surface area contributed by atoms with Crippen LogP contribution in [0.1, 0.15) is 48.8 Å². The lowest BCUT2D eigenvalue weighted by Gasteiger charge is -2.13. The van der Waals surface area contributed by atoms with Gasteiger partial charge in [-0.05, 0) is 55.2 Å². The fraction of sp³-hybridized carbons (Fsp3) is 0.179. The molecule has 4 rings (SSSR count). The molecule has 0 aliphatic heterocycles. The SMILES string of the molecule is Cc1ccc(CCc2n[nH]c(Cc3ccc(NC(=O)c4ccccc4OC(F)(F)F)cc3)c2C(N)=O)cc1. The molecule has 196 valence electrons. The van der Waals surface area contributed by atoms with Gasteiger partial charge in [-0.25, -0.2) is 0 Å². The third-order valence-electron chi connectivity index (χ3n) is 5.88. The lowest BCUT2D eigenvalue weighted by atomic mass is 10.0. The van der Waals surface area contributed by atoms with E-state index in [0.29, 0.717) is 41.9 Å². The van der Waals surface area contributed by atoms with Crippen LogP contribution in [0, 0.1) is 6.92 Å². The number of carbonyl (C=O) groups excluding carboxylic acids is 2. The second kappa shape index (κ2) is 11.2.